The average molecular weight is 834 g/mol. The standard InChI is InChI=1S/C60H39N3S/c1-6-19-53-45(12-1)46-13-2-7-20-54(46)61(53)42-30-32-43(33-31-42)63-56-22-9-4-15-48(56)52-37-40(27-35-58(52)63)39-26-34-57-51(36-39)47-14-3-8-21-55(47)62(57)41-28-24-38(25-29-41)44-17-11-18-50-49-16-5-10-23-59(49)64-60(44)50/h1-37,50,60H. The van der Waals surface area contributed by atoms with Crippen molar-refractivity contribution in [2.45, 2.75) is 16.1 Å². The van der Waals surface area contributed by atoms with E-state index in [9.17, 15) is 0 Å². The molecule has 0 amide bonds. The number of benzene rings is 9. The van der Waals surface area contributed by atoms with Crippen LogP contribution >= 0.6 is 11.8 Å². The molecule has 64 heavy (non-hydrogen) atoms. The summed E-state index contributed by atoms with van der Waals surface area (Å²) in [7, 11) is 0. The van der Waals surface area contributed by atoms with Crippen LogP contribution in [-0.2, 0) is 0 Å². The van der Waals surface area contributed by atoms with Gasteiger partial charge < -0.3 is 13.7 Å². The topological polar surface area (TPSA) is 14.8 Å². The fraction of sp³-hybridized carbons (Fsp3) is 0.0333. The molecule has 0 fully saturated rings. The molecule has 3 aromatic heterocycles. The first-order chi connectivity index (χ1) is 31.7. The minimum atomic E-state index is 0.403. The number of thioether (sulfide) groups is 1. The quantitative estimate of drug-likeness (QED) is 0.169. The van der Waals surface area contributed by atoms with Crippen LogP contribution in [0.1, 0.15) is 17.0 Å². The first kappa shape index (κ1) is 35.8. The van der Waals surface area contributed by atoms with Crippen molar-refractivity contribution in [3.63, 3.8) is 0 Å². The van der Waals surface area contributed by atoms with Crippen molar-refractivity contribution in [3.05, 3.63) is 236 Å². The predicted molar refractivity (Wildman–Crippen MR) is 271 cm³/mol. The van der Waals surface area contributed by atoms with Gasteiger partial charge in [-0.2, -0.15) is 0 Å². The number of aromatic nitrogens is 3. The van der Waals surface area contributed by atoms with Gasteiger partial charge in [-0.1, -0.05) is 133 Å². The minimum Gasteiger partial charge on any atom is -0.309 e. The first-order valence-corrected chi connectivity index (χ1v) is 23.0. The second-order valence-corrected chi connectivity index (χ2v) is 18.4. The molecule has 0 saturated heterocycles. The third kappa shape index (κ3) is 5.24. The highest BCUT2D eigenvalue weighted by Gasteiger charge is 2.35. The number of hydrogen-bond donors (Lipinski definition) is 0. The van der Waals surface area contributed by atoms with Crippen LogP contribution in [0.15, 0.2) is 229 Å². The van der Waals surface area contributed by atoms with E-state index in [0.717, 1.165) is 11.4 Å². The van der Waals surface area contributed by atoms with E-state index >= 15 is 0 Å². The van der Waals surface area contributed by atoms with Crippen molar-refractivity contribution in [2.24, 2.45) is 0 Å². The lowest BCUT2D eigenvalue weighted by Gasteiger charge is -2.23. The van der Waals surface area contributed by atoms with E-state index in [2.05, 4.69) is 238 Å². The Morgan fingerprint density at radius 1 is 0.344 bits per heavy atom. The largest absolute Gasteiger partial charge is 0.309 e. The van der Waals surface area contributed by atoms with Gasteiger partial charge >= 0.3 is 0 Å². The predicted octanol–water partition coefficient (Wildman–Crippen LogP) is 15.9. The van der Waals surface area contributed by atoms with Crippen LogP contribution in [0, 0.1) is 0 Å². The van der Waals surface area contributed by atoms with Crippen molar-refractivity contribution >= 4 is 82.8 Å². The molecule has 9 aromatic carbocycles. The van der Waals surface area contributed by atoms with Crippen molar-refractivity contribution in [1.82, 2.24) is 13.7 Å². The Bertz CT molecular complexity index is 3880. The van der Waals surface area contributed by atoms with E-state index in [-0.39, 0.29) is 0 Å². The molecule has 300 valence electrons. The molecule has 2 unspecified atom stereocenters. The molecule has 0 radical (unpaired) electrons. The summed E-state index contributed by atoms with van der Waals surface area (Å²) in [5.74, 6) is 0.420. The molecule has 14 rings (SSSR count). The minimum absolute atomic E-state index is 0.403. The monoisotopic (exact) mass is 833 g/mol. The lowest BCUT2D eigenvalue weighted by Crippen LogP contribution is -2.13. The summed E-state index contributed by atoms with van der Waals surface area (Å²) in [4.78, 5) is 1.40. The zero-order valence-corrected chi connectivity index (χ0v) is 35.6. The van der Waals surface area contributed by atoms with Crippen molar-refractivity contribution in [1.29, 1.82) is 0 Å². The average Bonchev–Trinajstić information content (AvgIpc) is 4.10. The van der Waals surface area contributed by atoms with Gasteiger partial charge in [0.25, 0.3) is 0 Å². The lowest BCUT2D eigenvalue weighted by atomic mass is 9.85. The molecule has 0 N–H and O–H groups in total. The van der Waals surface area contributed by atoms with Gasteiger partial charge in [0, 0.05) is 65.4 Å². The smallest absolute Gasteiger partial charge is 0.0541 e. The Morgan fingerprint density at radius 3 is 1.23 bits per heavy atom. The summed E-state index contributed by atoms with van der Waals surface area (Å²) in [6.07, 6.45) is 6.94. The van der Waals surface area contributed by atoms with Gasteiger partial charge in [0.15, 0.2) is 0 Å². The molecule has 12 aromatic rings. The van der Waals surface area contributed by atoms with Gasteiger partial charge in [-0.05, 0) is 119 Å². The van der Waals surface area contributed by atoms with Crippen LogP contribution in [0.4, 0.5) is 0 Å². The zero-order valence-electron chi connectivity index (χ0n) is 34.8. The SMILES string of the molecule is C1=CC2c3ccccc3SC2C(c2ccc(-n3c4ccccc4c4cc(-c5ccc6c(c5)c5ccccc5n6-c5ccc(-n6c7ccccc7c7ccccc76)cc5)ccc43)cc2)=C1. The van der Waals surface area contributed by atoms with E-state index in [4.69, 9.17) is 0 Å². The van der Waals surface area contributed by atoms with Crippen molar-refractivity contribution < 1.29 is 0 Å². The third-order valence-corrected chi connectivity index (χ3v) is 15.3. The molecule has 1 aliphatic carbocycles. The molecule has 4 heterocycles. The summed E-state index contributed by atoms with van der Waals surface area (Å²) in [6, 6.07) is 76.3. The Labute approximate surface area is 374 Å². The summed E-state index contributed by atoms with van der Waals surface area (Å²) >= 11 is 2.00. The van der Waals surface area contributed by atoms with Crippen LogP contribution in [0.5, 0.6) is 0 Å². The highest BCUT2D eigenvalue weighted by Crippen LogP contribution is 2.52. The normalized spacial score (nSPS) is 15.8. The maximum absolute atomic E-state index is 2.43. The van der Waals surface area contributed by atoms with E-state index in [1.54, 1.807) is 0 Å². The molecule has 0 bridgehead atoms. The summed E-state index contributed by atoms with van der Waals surface area (Å²) in [5, 5.41) is 7.96. The number of hydrogen-bond acceptors (Lipinski definition) is 1. The molecule has 2 atom stereocenters. The van der Waals surface area contributed by atoms with E-state index in [1.807, 2.05) is 11.8 Å². The molecular formula is C60H39N3S. The Balaban J connectivity index is 0.832. The van der Waals surface area contributed by atoms with Gasteiger partial charge in [0.1, 0.15) is 0 Å². The fourth-order valence-electron chi connectivity index (χ4n) is 10.9. The highest BCUT2D eigenvalue weighted by molar-refractivity contribution is 8.00. The van der Waals surface area contributed by atoms with Gasteiger partial charge in [0.05, 0.1) is 33.1 Å². The number of para-hydroxylation sites is 4. The number of allylic oxidation sites excluding steroid dienone is 3. The molecule has 1 aliphatic heterocycles. The molecule has 4 heteroatoms. The first-order valence-electron chi connectivity index (χ1n) is 22.2. The lowest BCUT2D eigenvalue weighted by molar-refractivity contribution is 0.893. The maximum atomic E-state index is 2.43. The van der Waals surface area contributed by atoms with Crippen LogP contribution < -0.4 is 0 Å². The molecule has 2 aliphatic rings. The molecule has 0 saturated carbocycles. The summed E-state index contributed by atoms with van der Waals surface area (Å²) < 4.78 is 7.23. The molecular weight excluding hydrogens is 795 g/mol. The second-order valence-electron chi connectivity index (χ2n) is 17.2. The van der Waals surface area contributed by atoms with E-state index in [1.165, 1.54) is 104 Å². The third-order valence-electron chi connectivity index (χ3n) is 13.8. The van der Waals surface area contributed by atoms with Crippen molar-refractivity contribution in [3.8, 4) is 28.2 Å². The zero-order chi connectivity index (χ0) is 41.9. The molecule has 0 spiro atoms. The van der Waals surface area contributed by atoms with Crippen LogP contribution in [0.2, 0.25) is 0 Å². The fourth-order valence-corrected chi connectivity index (χ4v) is 12.4. The van der Waals surface area contributed by atoms with Crippen LogP contribution in [0.3, 0.4) is 0 Å². The Kier molecular flexibility index (Phi) is 7.74. The van der Waals surface area contributed by atoms with E-state index < -0.39 is 0 Å². The van der Waals surface area contributed by atoms with Crippen LogP contribution in [-0.4, -0.2) is 19.0 Å². The molecule has 3 nitrogen and oxygen atoms in total. The van der Waals surface area contributed by atoms with Crippen LogP contribution in [0.25, 0.3) is 99.2 Å². The van der Waals surface area contributed by atoms with Gasteiger partial charge in [-0.15, -0.1) is 11.8 Å². The Hall–Kier alpha value is -7.79. The van der Waals surface area contributed by atoms with Crippen molar-refractivity contribution in [2.75, 3.05) is 0 Å². The summed E-state index contributed by atoms with van der Waals surface area (Å²) in [5.41, 5.74) is 17.3. The summed E-state index contributed by atoms with van der Waals surface area (Å²) in [6.45, 7) is 0. The second kappa shape index (κ2) is 13.9. The number of nitrogens with zero attached hydrogens (tertiary/aromatic N) is 3. The number of rotatable bonds is 5. The highest BCUT2D eigenvalue weighted by atomic mass is 32.2. The van der Waals surface area contributed by atoms with Gasteiger partial charge in [0.2, 0.25) is 0 Å². The van der Waals surface area contributed by atoms with E-state index in [0.29, 0.717) is 11.2 Å². The number of fused-ring (bicyclic) bond motifs is 12. The van der Waals surface area contributed by atoms with Gasteiger partial charge in [-0.25, -0.2) is 0 Å². The maximum Gasteiger partial charge on any atom is 0.0541 e. The van der Waals surface area contributed by atoms with Gasteiger partial charge in [-0.3, -0.25) is 0 Å². The Morgan fingerprint density at radius 2 is 0.734 bits per heavy atom.